The van der Waals surface area contributed by atoms with E-state index in [0.29, 0.717) is 34.6 Å². The van der Waals surface area contributed by atoms with Crippen LogP contribution in [-0.2, 0) is 0 Å². The maximum atomic E-state index is 12.2. The Labute approximate surface area is 173 Å². The molecule has 0 aliphatic carbocycles. The first kappa shape index (κ1) is 19.0. The topological polar surface area (TPSA) is 90.3 Å². The summed E-state index contributed by atoms with van der Waals surface area (Å²) in [4.78, 5) is 12.2. The zero-order valence-electron chi connectivity index (χ0n) is 16.1. The number of benzene rings is 2. The van der Waals surface area contributed by atoms with E-state index in [1.54, 1.807) is 61.7 Å². The zero-order chi connectivity index (χ0) is 20.8. The highest BCUT2D eigenvalue weighted by Crippen LogP contribution is 2.22. The van der Waals surface area contributed by atoms with Crippen molar-refractivity contribution in [2.24, 2.45) is 0 Å². The van der Waals surface area contributed by atoms with E-state index in [1.165, 1.54) is 0 Å². The summed E-state index contributed by atoms with van der Waals surface area (Å²) in [5.74, 6) is 2.33. The van der Waals surface area contributed by atoms with E-state index in [0.717, 1.165) is 0 Å². The van der Waals surface area contributed by atoms with Crippen LogP contribution in [0.4, 0.5) is 16.2 Å². The Bertz CT molecular complexity index is 1110. The van der Waals surface area contributed by atoms with E-state index >= 15 is 0 Å². The quantitative estimate of drug-likeness (QED) is 0.488. The second-order valence-electron chi connectivity index (χ2n) is 6.26. The van der Waals surface area contributed by atoms with Crippen LogP contribution in [0.1, 0.15) is 0 Å². The van der Waals surface area contributed by atoms with E-state index in [1.807, 2.05) is 35.2 Å². The number of carbonyl (C=O) groups excluding carboxylic acids is 1. The molecule has 4 aromatic rings. The van der Waals surface area contributed by atoms with E-state index < -0.39 is 0 Å². The fraction of sp³-hybridized carbons (Fsp3) is 0.0455. The van der Waals surface area contributed by atoms with Crippen molar-refractivity contribution < 1.29 is 14.3 Å². The largest absolute Gasteiger partial charge is 0.497 e. The van der Waals surface area contributed by atoms with Crippen LogP contribution < -0.4 is 20.1 Å². The Balaban J connectivity index is 1.34. The van der Waals surface area contributed by atoms with Gasteiger partial charge in [0.2, 0.25) is 5.88 Å². The summed E-state index contributed by atoms with van der Waals surface area (Å²) >= 11 is 0. The number of carbonyl (C=O) groups is 1. The van der Waals surface area contributed by atoms with Crippen molar-refractivity contribution >= 4 is 17.4 Å². The lowest BCUT2D eigenvalue weighted by molar-refractivity contribution is 0.262. The molecule has 2 aromatic heterocycles. The molecule has 0 saturated heterocycles. The Hall–Kier alpha value is -4.33. The number of nitrogens with one attached hydrogen (secondary N) is 2. The van der Waals surface area contributed by atoms with Crippen molar-refractivity contribution in [2.75, 3.05) is 17.7 Å². The molecule has 2 aromatic carbocycles. The number of hydrogen-bond donors (Lipinski definition) is 2. The van der Waals surface area contributed by atoms with Gasteiger partial charge in [-0.05, 0) is 54.6 Å². The number of methoxy groups -OCH3 is 1. The van der Waals surface area contributed by atoms with Crippen LogP contribution in [-0.4, -0.2) is 27.9 Å². The number of ether oxygens (including phenoxy) is 2. The molecule has 8 nitrogen and oxygen atoms in total. The van der Waals surface area contributed by atoms with Crippen LogP contribution in [0.2, 0.25) is 0 Å². The average molecular weight is 401 g/mol. The Morgan fingerprint density at radius 3 is 2.30 bits per heavy atom. The molecule has 0 aliphatic rings. The number of rotatable bonds is 6. The van der Waals surface area contributed by atoms with E-state index in [4.69, 9.17) is 9.47 Å². The van der Waals surface area contributed by atoms with Crippen molar-refractivity contribution in [2.45, 2.75) is 0 Å². The molecule has 0 radical (unpaired) electrons. The molecule has 0 unspecified atom stereocenters. The Morgan fingerprint density at radius 2 is 1.60 bits per heavy atom. The van der Waals surface area contributed by atoms with Crippen molar-refractivity contribution in [1.82, 2.24) is 14.8 Å². The summed E-state index contributed by atoms with van der Waals surface area (Å²) in [5.41, 5.74) is 1.26. The first-order valence-corrected chi connectivity index (χ1v) is 9.17. The van der Waals surface area contributed by atoms with Gasteiger partial charge in [0.05, 0.1) is 7.11 Å². The highest BCUT2D eigenvalue weighted by Gasteiger charge is 2.05. The lowest BCUT2D eigenvalue weighted by Crippen LogP contribution is -2.19. The highest BCUT2D eigenvalue weighted by atomic mass is 16.5. The molecule has 2 amide bonds. The van der Waals surface area contributed by atoms with Gasteiger partial charge in [-0.25, -0.2) is 4.79 Å². The smallest absolute Gasteiger partial charge is 0.323 e. The van der Waals surface area contributed by atoms with Crippen LogP contribution in [0.5, 0.6) is 17.4 Å². The number of amides is 2. The van der Waals surface area contributed by atoms with Gasteiger partial charge in [0.1, 0.15) is 11.5 Å². The summed E-state index contributed by atoms with van der Waals surface area (Å²) in [6, 6.07) is 21.1. The third-order valence-corrected chi connectivity index (χ3v) is 4.16. The lowest BCUT2D eigenvalue weighted by atomic mass is 10.3. The average Bonchev–Trinajstić information content (AvgIpc) is 3.31. The maximum absolute atomic E-state index is 12.2. The summed E-state index contributed by atoms with van der Waals surface area (Å²) in [5, 5.41) is 13.7. The molecule has 150 valence electrons. The molecule has 0 atom stereocenters. The molecule has 0 fully saturated rings. The fourth-order valence-electron chi connectivity index (χ4n) is 2.71. The summed E-state index contributed by atoms with van der Waals surface area (Å²) < 4.78 is 12.7. The minimum atomic E-state index is -0.358. The van der Waals surface area contributed by atoms with Crippen LogP contribution in [0.25, 0.3) is 5.82 Å². The Morgan fingerprint density at radius 1 is 0.833 bits per heavy atom. The van der Waals surface area contributed by atoms with Gasteiger partial charge in [-0.15, -0.1) is 10.2 Å². The minimum Gasteiger partial charge on any atom is -0.497 e. The predicted octanol–water partition coefficient (Wildman–Crippen LogP) is 4.71. The van der Waals surface area contributed by atoms with Gasteiger partial charge in [0.15, 0.2) is 5.82 Å². The van der Waals surface area contributed by atoms with Crippen molar-refractivity contribution in [1.29, 1.82) is 0 Å². The molecular weight excluding hydrogens is 382 g/mol. The first-order valence-electron chi connectivity index (χ1n) is 9.17. The summed E-state index contributed by atoms with van der Waals surface area (Å²) in [7, 11) is 1.57. The number of hydrogen-bond acceptors (Lipinski definition) is 5. The van der Waals surface area contributed by atoms with Gasteiger partial charge in [0, 0.05) is 35.9 Å². The number of anilines is 2. The molecule has 8 heteroatoms. The summed E-state index contributed by atoms with van der Waals surface area (Å²) in [6.07, 6.45) is 3.78. The molecule has 0 bridgehead atoms. The number of urea groups is 1. The lowest BCUT2D eigenvalue weighted by Gasteiger charge is -2.10. The SMILES string of the molecule is COc1cccc(NC(=O)Nc2ccc(Oc3ccc(-n4cccc4)nn3)cc2)c1. The summed E-state index contributed by atoms with van der Waals surface area (Å²) in [6.45, 7) is 0. The van der Waals surface area contributed by atoms with Crippen molar-refractivity contribution in [3.63, 3.8) is 0 Å². The second kappa shape index (κ2) is 8.78. The van der Waals surface area contributed by atoms with E-state index in [9.17, 15) is 4.79 Å². The van der Waals surface area contributed by atoms with Crippen molar-refractivity contribution in [3.8, 4) is 23.2 Å². The first-order chi connectivity index (χ1) is 14.7. The molecular formula is C22H19N5O3. The highest BCUT2D eigenvalue weighted by molar-refractivity contribution is 5.99. The van der Waals surface area contributed by atoms with Crippen LogP contribution in [0.15, 0.2) is 85.2 Å². The Kier molecular flexibility index (Phi) is 5.56. The standard InChI is InChI=1S/C22H19N5O3/c1-29-19-6-4-5-17(15-19)24-22(28)23-16-7-9-18(10-8-16)30-21-12-11-20(25-26-21)27-13-2-3-14-27/h2-15H,1H3,(H2,23,24,28). The third kappa shape index (κ3) is 4.74. The third-order valence-electron chi connectivity index (χ3n) is 4.16. The minimum absolute atomic E-state index is 0.358. The maximum Gasteiger partial charge on any atom is 0.323 e. The molecule has 2 heterocycles. The second-order valence-corrected chi connectivity index (χ2v) is 6.26. The molecule has 2 N–H and O–H groups in total. The number of aromatic nitrogens is 3. The number of nitrogens with zero attached hydrogens (tertiary/aromatic N) is 3. The molecule has 0 aliphatic heterocycles. The fourth-order valence-corrected chi connectivity index (χ4v) is 2.71. The molecule has 4 rings (SSSR count). The van der Waals surface area contributed by atoms with Gasteiger partial charge in [0.25, 0.3) is 0 Å². The van der Waals surface area contributed by atoms with E-state index in [2.05, 4.69) is 20.8 Å². The van der Waals surface area contributed by atoms with Crippen LogP contribution >= 0.6 is 0 Å². The van der Waals surface area contributed by atoms with Gasteiger partial charge in [-0.2, -0.15) is 0 Å². The monoisotopic (exact) mass is 401 g/mol. The normalized spacial score (nSPS) is 10.3. The molecule has 30 heavy (non-hydrogen) atoms. The van der Waals surface area contributed by atoms with Gasteiger partial charge in [-0.3, -0.25) is 0 Å². The zero-order valence-corrected chi connectivity index (χ0v) is 16.1. The predicted molar refractivity (Wildman–Crippen MR) is 114 cm³/mol. The van der Waals surface area contributed by atoms with Gasteiger partial charge < -0.3 is 24.7 Å². The van der Waals surface area contributed by atoms with Crippen LogP contribution in [0, 0.1) is 0 Å². The van der Waals surface area contributed by atoms with E-state index in [-0.39, 0.29) is 6.03 Å². The molecule has 0 spiro atoms. The van der Waals surface area contributed by atoms with Crippen LogP contribution in [0.3, 0.4) is 0 Å². The van der Waals surface area contributed by atoms with Gasteiger partial charge >= 0.3 is 6.03 Å². The van der Waals surface area contributed by atoms with Crippen molar-refractivity contribution in [3.05, 3.63) is 85.2 Å². The molecule has 0 saturated carbocycles. The van der Waals surface area contributed by atoms with Gasteiger partial charge in [-0.1, -0.05) is 6.07 Å².